The number of rotatable bonds is 4. The van der Waals surface area contributed by atoms with Gasteiger partial charge in [0.1, 0.15) is 0 Å². The maximum atomic E-state index is 5.47. The molecule has 122 valence electrons. The molecule has 1 aliphatic heterocycles. The molecule has 0 spiro atoms. The highest BCUT2D eigenvalue weighted by atomic mass is 79.9. The Morgan fingerprint density at radius 2 is 1.36 bits per heavy atom. The summed E-state index contributed by atoms with van der Waals surface area (Å²) >= 11 is 3.77. The van der Waals surface area contributed by atoms with E-state index < -0.39 is 0 Å². The standard InChI is InChI=1S/C17H24BrNO3/c1-16(2)13(15(18)17(3,4)19-16)10-8-11(20-5)14(22-7)12(9-10)21-6/h8-9,19H,1-7H3. The topological polar surface area (TPSA) is 39.7 Å². The number of halogens is 1. The molecule has 22 heavy (non-hydrogen) atoms. The Bertz CT molecular complexity index is 595. The minimum Gasteiger partial charge on any atom is -0.493 e. The van der Waals surface area contributed by atoms with Crippen LogP contribution in [0.15, 0.2) is 16.6 Å². The summed E-state index contributed by atoms with van der Waals surface area (Å²) in [7, 11) is 4.87. The third-order valence-corrected chi connectivity index (χ3v) is 5.36. The highest BCUT2D eigenvalue weighted by molar-refractivity contribution is 9.12. The van der Waals surface area contributed by atoms with Crippen LogP contribution in [0.2, 0.25) is 0 Å². The SMILES string of the molecule is COc1cc(C2=C(Br)C(C)(C)NC2(C)C)cc(OC)c1OC. The van der Waals surface area contributed by atoms with E-state index >= 15 is 0 Å². The second-order valence-corrected chi connectivity index (χ2v) is 7.27. The fraction of sp³-hybridized carbons (Fsp3) is 0.529. The summed E-state index contributed by atoms with van der Waals surface area (Å²) in [5.74, 6) is 1.92. The van der Waals surface area contributed by atoms with Gasteiger partial charge in [0, 0.05) is 15.6 Å². The van der Waals surface area contributed by atoms with Crippen LogP contribution in [-0.2, 0) is 0 Å². The molecule has 2 rings (SSSR count). The number of hydrogen-bond donors (Lipinski definition) is 1. The average molecular weight is 370 g/mol. The molecule has 0 amide bonds. The van der Waals surface area contributed by atoms with E-state index in [-0.39, 0.29) is 11.1 Å². The zero-order chi connectivity index (χ0) is 16.7. The van der Waals surface area contributed by atoms with E-state index in [2.05, 4.69) is 48.9 Å². The highest BCUT2D eigenvalue weighted by Gasteiger charge is 2.43. The molecule has 1 aromatic rings. The zero-order valence-corrected chi connectivity index (χ0v) is 15.8. The van der Waals surface area contributed by atoms with Crippen molar-refractivity contribution >= 4 is 21.5 Å². The number of nitrogens with one attached hydrogen (secondary N) is 1. The first-order valence-corrected chi connectivity index (χ1v) is 7.97. The molecule has 0 unspecified atom stereocenters. The average Bonchev–Trinajstić information content (AvgIpc) is 2.60. The number of ether oxygens (including phenoxy) is 3. The molecule has 0 saturated heterocycles. The molecule has 0 atom stereocenters. The molecule has 0 fully saturated rings. The van der Waals surface area contributed by atoms with E-state index in [0.717, 1.165) is 10.0 Å². The minimum absolute atomic E-state index is 0.126. The first-order chi connectivity index (χ1) is 10.2. The van der Waals surface area contributed by atoms with Crippen molar-refractivity contribution in [1.29, 1.82) is 0 Å². The molecule has 0 saturated carbocycles. The van der Waals surface area contributed by atoms with E-state index in [0.29, 0.717) is 17.2 Å². The van der Waals surface area contributed by atoms with E-state index in [1.165, 1.54) is 5.57 Å². The molecule has 0 radical (unpaired) electrons. The second-order valence-electron chi connectivity index (χ2n) is 6.48. The number of hydrogen-bond acceptors (Lipinski definition) is 4. The molecule has 0 bridgehead atoms. The van der Waals surface area contributed by atoms with Gasteiger partial charge in [-0.05, 0) is 51.0 Å². The normalized spacial score (nSPS) is 19.3. The Morgan fingerprint density at radius 3 is 1.68 bits per heavy atom. The molecule has 1 heterocycles. The molecule has 0 aliphatic carbocycles. The summed E-state index contributed by atoms with van der Waals surface area (Å²) in [6.07, 6.45) is 0. The quantitative estimate of drug-likeness (QED) is 0.871. The summed E-state index contributed by atoms with van der Waals surface area (Å²) in [6.45, 7) is 8.65. The van der Waals surface area contributed by atoms with Gasteiger partial charge in [-0.25, -0.2) is 0 Å². The van der Waals surface area contributed by atoms with Crippen molar-refractivity contribution in [3.63, 3.8) is 0 Å². The van der Waals surface area contributed by atoms with Gasteiger partial charge in [-0.15, -0.1) is 0 Å². The Labute approximate surface area is 141 Å². The Kier molecular flexibility index (Phi) is 4.51. The van der Waals surface area contributed by atoms with Crippen LogP contribution in [0.25, 0.3) is 5.57 Å². The van der Waals surface area contributed by atoms with Gasteiger partial charge in [0.15, 0.2) is 11.5 Å². The molecule has 1 aliphatic rings. The van der Waals surface area contributed by atoms with Gasteiger partial charge in [0.25, 0.3) is 0 Å². The smallest absolute Gasteiger partial charge is 0.203 e. The van der Waals surface area contributed by atoms with Crippen molar-refractivity contribution in [2.45, 2.75) is 38.8 Å². The predicted octanol–water partition coefficient (Wildman–Crippen LogP) is 3.98. The summed E-state index contributed by atoms with van der Waals surface area (Å²) < 4.78 is 17.5. The third kappa shape index (κ3) is 2.72. The van der Waals surface area contributed by atoms with Crippen LogP contribution < -0.4 is 19.5 Å². The molecule has 5 heteroatoms. The maximum absolute atomic E-state index is 5.47. The van der Waals surface area contributed by atoms with Gasteiger partial charge in [-0.3, -0.25) is 5.32 Å². The molecule has 0 aromatic heterocycles. The lowest BCUT2D eigenvalue weighted by molar-refractivity contribution is 0.324. The van der Waals surface area contributed by atoms with E-state index in [1.54, 1.807) is 21.3 Å². The lowest BCUT2D eigenvalue weighted by atomic mass is 9.90. The van der Waals surface area contributed by atoms with Gasteiger partial charge in [-0.1, -0.05) is 15.9 Å². The van der Waals surface area contributed by atoms with Gasteiger partial charge >= 0.3 is 0 Å². The Hall–Kier alpha value is -1.20. The van der Waals surface area contributed by atoms with E-state index in [9.17, 15) is 0 Å². The van der Waals surface area contributed by atoms with E-state index in [4.69, 9.17) is 14.2 Å². The predicted molar refractivity (Wildman–Crippen MR) is 93.2 cm³/mol. The van der Waals surface area contributed by atoms with Crippen molar-refractivity contribution < 1.29 is 14.2 Å². The second kappa shape index (κ2) is 5.78. The van der Waals surface area contributed by atoms with Crippen LogP contribution >= 0.6 is 15.9 Å². The molecule has 4 nitrogen and oxygen atoms in total. The van der Waals surface area contributed by atoms with Crippen molar-refractivity contribution in [3.05, 3.63) is 22.2 Å². The Balaban J connectivity index is 2.70. The summed E-state index contributed by atoms with van der Waals surface area (Å²) in [6, 6.07) is 3.98. The first-order valence-electron chi connectivity index (χ1n) is 7.18. The van der Waals surface area contributed by atoms with E-state index in [1.807, 2.05) is 12.1 Å². The van der Waals surface area contributed by atoms with Gasteiger partial charge in [-0.2, -0.15) is 0 Å². The molecular formula is C17H24BrNO3. The molecule has 1 N–H and O–H groups in total. The lowest BCUT2D eigenvalue weighted by Gasteiger charge is -2.28. The fourth-order valence-corrected chi connectivity index (χ4v) is 4.02. The van der Waals surface area contributed by atoms with Crippen molar-refractivity contribution in [2.24, 2.45) is 0 Å². The van der Waals surface area contributed by atoms with Crippen molar-refractivity contribution in [2.75, 3.05) is 21.3 Å². The largest absolute Gasteiger partial charge is 0.493 e. The van der Waals surface area contributed by atoms with Crippen molar-refractivity contribution in [1.82, 2.24) is 5.32 Å². The van der Waals surface area contributed by atoms with Crippen LogP contribution in [-0.4, -0.2) is 32.4 Å². The van der Waals surface area contributed by atoms with Crippen molar-refractivity contribution in [3.8, 4) is 17.2 Å². The van der Waals surface area contributed by atoms with Crippen LogP contribution in [0.4, 0.5) is 0 Å². The molecule has 1 aromatic carbocycles. The lowest BCUT2D eigenvalue weighted by Crippen LogP contribution is -2.45. The van der Waals surface area contributed by atoms with Gasteiger partial charge in [0.05, 0.1) is 21.3 Å². The van der Waals surface area contributed by atoms with Gasteiger partial charge < -0.3 is 14.2 Å². The van der Waals surface area contributed by atoms with Gasteiger partial charge in [0.2, 0.25) is 5.75 Å². The number of benzene rings is 1. The zero-order valence-electron chi connectivity index (χ0n) is 14.3. The minimum atomic E-state index is -0.174. The fourth-order valence-electron chi connectivity index (χ4n) is 3.20. The monoisotopic (exact) mass is 369 g/mol. The van der Waals surface area contributed by atoms with Crippen LogP contribution in [0, 0.1) is 0 Å². The third-order valence-electron chi connectivity index (χ3n) is 3.97. The van der Waals surface area contributed by atoms with Crippen LogP contribution in [0.3, 0.4) is 0 Å². The summed E-state index contributed by atoms with van der Waals surface area (Å²) in [4.78, 5) is 0. The molecular weight excluding hydrogens is 346 g/mol. The number of methoxy groups -OCH3 is 3. The first kappa shape index (κ1) is 17.2. The maximum Gasteiger partial charge on any atom is 0.203 e. The highest BCUT2D eigenvalue weighted by Crippen LogP contribution is 2.48. The Morgan fingerprint density at radius 1 is 0.864 bits per heavy atom. The summed E-state index contributed by atoms with van der Waals surface area (Å²) in [5.41, 5.74) is 1.94. The summed E-state index contributed by atoms with van der Waals surface area (Å²) in [5, 5.41) is 3.64. The van der Waals surface area contributed by atoms with Crippen LogP contribution in [0.5, 0.6) is 17.2 Å². The van der Waals surface area contributed by atoms with Crippen LogP contribution in [0.1, 0.15) is 33.3 Å².